The van der Waals surface area contributed by atoms with Gasteiger partial charge in [0.2, 0.25) is 0 Å². The zero-order valence-corrected chi connectivity index (χ0v) is 11.1. The van der Waals surface area contributed by atoms with Gasteiger partial charge in [-0.05, 0) is 24.1 Å². The zero-order valence-electron chi connectivity index (χ0n) is 11.1. The van der Waals surface area contributed by atoms with E-state index in [0.717, 1.165) is 29.0 Å². The minimum absolute atomic E-state index is 0.552. The van der Waals surface area contributed by atoms with E-state index >= 15 is 0 Å². The summed E-state index contributed by atoms with van der Waals surface area (Å²) in [5.41, 5.74) is 8.90. The van der Waals surface area contributed by atoms with E-state index in [0.29, 0.717) is 13.2 Å². The summed E-state index contributed by atoms with van der Waals surface area (Å²) >= 11 is 0. The molecule has 0 unspecified atom stereocenters. The third-order valence-corrected chi connectivity index (χ3v) is 3.02. The van der Waals surface area contributed by atoms with Crippen LogP contribution in [0.2, 0.25) is 0 Å². The molecule has 3 heteroatoms. The Hall–Kier alpha value is -2.00. The van der Waals surface area contributed by atoms with Crippen LogP contribution in [0.4, 0.5) is 5.69 Å². The minimum Gasteiger partial charge on any atom is -0.496 e. The smallest absolute Gasteiger partial charge is 0.124 e. The van der Waals surface area contributed by atoms with Gasteiger partial charge in [0, 0.05) is 11.3 Å². The van der Waals surface area contributed by atoms with Crippen LogP contribution in [0.15, 0.2) is 48.5 Å². The average Bonchev–Trinajstić information content (AvgIpc) is 2.45. The molecule has 0 aliphatic heterocycles. The molecule has 2 rings (SSSR count). The Balaban J connectivity index is 1.83. The standard InChI is InChI=1S/C16H19NO2/c1-18-16-9-5-3-7-14(16)12-19-11-10-13-6-2-4-8-15(13)17/h2-9H,10-12,17H2,1H3. The van der Waals surface area contributed by atoms with Gasteiger partial charge >= 0.3 is 0 Å². The largest absolute Gasteiger partial charge is 0.496 e. The van der Waals surface area contributed by atoms with Gasteiger partial charge in [0.05, 0.1) is 20.3 Å². The van der Waals surface area contributed by atoms with Crippen LogP contribution in [0.5, 0.6) is 5.75 Å². The third-order valence-electron chi connectivity index (χ3n) is 3.02. The molecule has 0 fully saturated rings. The number of rotatable bonds is 6. The maximum absolute atomic E-state index is 5.88. The van der Waals surface area contributed by atoms with Crippen molar-refractivity contribution in [3.8, 4) is 5.75 Å². The van der Waals surface area contributed by atoms with Crippen LogP contribution in [0.25, 0.3) is 0 Å². The molecule has 0 aliphatic rings. The van der Waals surface area contributed by atoms with E-state index in [-0.39, 0.29) is 0 Å². The summed E-state index contributed by atoms with van der Waals surface area (Å²) < 4.78 is 11.0. The molecule has 2 aromatic rings. The van der Waals surface area contributed by atoms with Crippen molar-refractivity contribution < 1.29 is 9.47 Å². The van der Waals surface area contributed by atoms with Crippen molar-refractivity contribution in [3.05, 3.63) is 59.7 Å². The summed E-state index contributed by atoms with van der Waals surface area (Å²) in [6.07, 6.45) is 0.821. The molecule has 0 spiro atoms. The van der Waals surface area contributed by atoms with Crippen LogP contribution in [-0.4, -0.2) is 13.7 Å². The number of hydrogen-bond donors (Lipinski definition) is 1. The van der Waals surface area contributed by atoms with E-state index < -0.39 is 0 Å². The third kappa shape index (κ3) is 3.73. The van der Waals surface area contributed by atoms with Crippen molar-refractivity contribution in [2.24, 2.45) is 0 Å². The molecule has 0 aliphatic carbocycles. The van der Waals surface area contributed by atoms with E-state index in [1.807, 2.05) is 48.5 Å². The van der Waals surface area contributed by atoms with Gasteiger partial charge in [-0.15, -0.1) is 0 Å². The molecule has 0 atom stereocenters. The SMILES string of the molecule is COc1ccccc1COCCc1ccccc1N. The van der Waals surface area contributed by atoms with Crippen LogP contribution < -0.4 is 10.5 Å². The molecule has 0 amide bonds. The molecule has 0 saturated carbocycles. The maximum Gasteiger partial charge on any atom is 0.124 e. The number of hydrogen-bond acceptors (Lipinski definition) is 3. The zero-order chi connectivity index (χ0) is 13.5. The van der Waals surface area contributed by atoms with Gasteiger partial charge in [0.15, 0.2) is 0 Å². The summed E-state index contributed by atoms with van der Waals surface area (Å²) in [4.78, 5) is 0. The molecule has 0 saturated heterocycles. The lowest BCUT2D eigenvalue weighted by atomic mass is 10.1. The number of benzene rings is 2. The normalized spacial score (nSPS) is 10.4. The van der Waals surface area contributed by atoms with Crippen molar-refractivity contribution in [2.45, 2.75) is 13.0 Å². The van der Waals surface area contributed by atoms with E-state index in [9.17, 15) is 0 Å². The fourth-order valence-electron chi connectivity index (χ4n) is 1.95. The first-order chi connectivity index (χ1) is 9.31. The molecule has 100 valence electrons. The van der Waals surface area contributed by atoms with Gasteiger partial charge in [-0.25, -0.2) is 0 Å². The summed E-state index contributed by atoms with van der Waals surface area (Å²) in [6.45, 7) is 1.20. The van der Waals surface area contributed by atoms with Crippen LogP contribution in [0.1, 0.15) is 11.1 Å². The second-order valence-electron chi connectivity index (χ2n) is 4.31. The van der Waals surface area contributed by atoms with Crippen molar-refractivity contribution >= 4 is 5.69 Å². The van der Waals surface area contributed by atoms with Crippen LogP contribution in [-0.2, 0) is 17.8 Å². The predicted octanol–water partition coefficient (Wildman–Crippen LogP) is 3.04. The Kier molecular flexibility index (Phi) is 4.81. The van der Waals surface area contributed by atoms with Gasteiger partial charge in [-0.2, -0.15) is 0 Å². The molecular weight excluding hydrogens is 238 g/mol. The first-order valence-corrected chi connectivity index (χ1v) is 6.34. The van der Waals surface area contributed by atoms with Crippen molar-refractivity contribution in [2.75, 3.05) is 19.5 Å². The van der Waals surface area contributed by atoms with Gasteiger partial charge in [0.25, 0.3) is 0 Å². The topological polar surface area (TPSA) is 44.5 Å². The Labute approximate surface area is 114 Å². The Bertz CT molecular complexity index is 526. The summed E-state index contributed by atoms with van der Waals surface area (Å²) in [5, 5.41) is 0. The molecule has 2 N–H and O–H groups in total. The summed E-state index contributed by atoms with van der Waals surface area (Å²) in [5.74, 6) is 0.863. The fourth-order valence-corrected chi connectivity index (χ4v) is 1.95. The highest BCUT2D eigenvalue weighted by Crippen LogP contribution is 2.18. The molecule has 3 nitrogen and oxygen atoms in total. The molecular formula is C16H19NO2. The second-order valence-corrected chi connectivity index (χ2v) is 4.31. The highest BCUT2D eigenvalue weighted by atomic mass is 16.5. The molecule has 2 aromatic carbocycles. The monoisotopic (exact) mass is 257 g/mol. The molecule has 0 heterocycles. The fraction of sp³-hybridized carbons (Fsp3) is 0.250. The number of para-hydroxylation sites is 2. The second kappa shape index (κ2) is 6.81. The molecule has 0 aromatic heterocycles. The van der Waals surface area contributed by atoms with E-state index in [2.05, 4.69) is 0 Å². The Morgan fingerprint density at radius 2 is 1.63 bits per heavy atom. The van der Waals surface area contributed by atoms with E-state index in [1.165, 1.54) is 0 Å². The first kappa shape index (κ1) is 13.4. The number of methoxy groups -OCH3 is 1. The van der Waals surface area contributed by atoms with Crippen LogP contribution >= 0.6 is 0 Å². The summed E-state index contributed by atoms with van der Waals surface area (Å²) in [7, 11) is 1.67. The van der Waals surface area contributed by atoms with Crippen molar-refractivity contribution in [1.82, 2.24) is 0 Å². The average molecular weight is 257 g/mol. The number of nitrogens with two attached hydrogens (primary N) is 1. The molecule has 19 heavy (non-hydrogen) atoms. The lowest BCUT2D eigenvalue weighted by molar-refractivity contribution is 0.122. The number of nitrogen functional groups attached to an aromatic ring is 1. The molecule has 0 radical (unpaired) electrons. The number of ether oxygens (including phenoxy) is 2. The highest BCUT2D eigenvalue weighted by Gasteiger charge is 2.02. The van der Waals surface area contributed by atoms with Crippen molar-refractivity contribution in [3.63, 3.8) is 0 Å². The van der Waals surface area contributed by atoms with Gasteiger partial charge < -0.3 is 15.2 Å². The number of anilines is 1. The lowest BCUT2D eigenvalue weighted by Gasteiger charge is -2.09. The predicted molar refractivity (Wildman–Crippen MR) is 77.2 cm³/mol. The van der Waals surface area contributed by atoms with Gasteiger partial charge in [0.1, 0.15) is 5.75 Å². The van der Waals surface area contributed by atoms with E-state index in [4.69, 9.17) is 15.2 Å². The van der Waals surface area contributed by atoms with Gasteiger partial charge in [-0.1, -0.05) is 36.4 Å². The minimum atomic E-state index is 0.552. The van der Waals surface area contributed by atoms with Crippen LogP contribution in [0, 0.1) is 0 Å². The first-order valence-electron chi connectivity index (χ1n) is 6.34. The summed E-state index contributed by atoms with van der Waals surface area (Å²) in [6, 6.07) is 15.8. The van der Waals surface area contributed by atoms with E-state index in [1.54, 1.807) is 7.11 Å². The highest BCUT2D eigenvalue weighted by molar-refractivity contribution is 5.46. The molecule has 0 bridgehead atoms. The van der Waals surface area contributed by atoms with Crippen molar-refractivity contribution in [1.29, 1.82) is 0 Å². The quantitative estimate of drug-likeness (QED) is 0.639. The lowest BCUT2D eigenvalue weighted by Crippen LogP contribution is -2.02. The maximum atomic E-state index is 5.88. The Morgan fingerprint density at radius 1 is 0.947 bits per heavy atom. The Morgan fingerprint density at radius 3 is 2.37 bits per heavy atom. The van der Waals surface area contributed by atoms with Crippen LogP contribution in [0.3, 0.4) is 0 Å². The van der Waals surface area contributed by atoms with Gasteiger partial charge in [-0.3, -0.25) is 0 Å².